The molecule has 1 saturated heterocycles. The van der Waals surface area contributed by atoms with Crippen molar-refractivity contribution in [3.8, 4) is 5.75 Å². The lowest BCUT2D eigenvalue weighted by molar-refractivity contribution is 0.0940. The Morgan fingerprint density at radius 1 is 1.28 bits per heavy atom. The largest absolute Gasteiger partial charge is 0.489 e. The van der Waals surface area contributed by atoms with Gasteiger partial charge in [-0.2, -0.15) is 0 Å². The summed E-state index contributed by atoms with van der Waals surface area (Å²) in [4.78, 5) is 18.9. The fourth-order valence-electron chi connectivity index (χ4n) is 3.03. The molecule has 1 fully saturated rings. The van der Waals surface area contributed by atoms with Gasteiger partial charge in [0.25, 0.3) is 5.91 Å². The van der Waals surface area contributed by atoms with Crippen LogP contribution >= 0.6 is 0 Å². The number of hydrogen-bond acceptors (Lipinski definition) is 4. The summed E-state index contributed by atoms with van der Waals surface area (Å²) in [7, 11) is 0. The third-order valence-corrected chi connectivity index (χ3v) is 4.55. The number of ether oxygens (including phenoxy) is 1. The van der Waals surface area contributed by atoms with Gasteiger partial charge in [-0.15, -0.1) is 0 Å². The number of rotatable bonds is 7. The van der Waals surface area contributed by atoms with Gasteiger partial charge in [-0.05, 0) is 57.1 Å². The molecule has 132 valence electrons. The van der Waals surface area contributed by atoms with E-state index >= 15 is 0 Å². The average molecular weight is 339 g/mol. The summed E-state index contributed by atoms with van der Waals surface area (Å²) in [6.07, 6.45) is 6.02. The van der Waals surface area contributed by atoms with Crippen LogP contribution in [-0.4, -0.2) is 41.5 Å². The summed E-state index contributed by atoms with van der Waals surface area (Å²) in [5.41, 5.74) is 1.62. The number of amides is 1. The number of benzene rings is 1. The topological polar surface area (TPSA) is 54.5 Å². The normalized spacial score (nSPS) is 15.7. The van der Waals surface area contributed by atoms with Crippen LogP contribution in [0.5, 0.6) is 5.75 Å². The monoisotopic (exact) mass is 339 g/mol. The van der Waals surface area contributed by atoms with E-state index in [0.29, 0.717) is 30.5 Å². The number of likely N-dealkylation sites (tertiary alicyclic amines) is 1. The van der Waals surface area contributed by atoms with Crippen LogP contribution in [0.25, 0.3) is 0 Å². The zero-order valence-electron chi connectivity index (χ0n) is 14.6. The second-order valence-corrected chi connectivity index (χ2v) is 6.48. The summed E-state index contributed by atoms with van der Waals surface area (Å²) < 4.78 is 5.76. The van der Waals surface area contributed by atoms with Crippen molar-refractivity contribution in [3.05, 3.63) is 59.9 Å². The van der Waals surface area contributed by atoms with Crippen molar-refractivity contribution in [2.45, 2.75) is 32.4 Å². The summed E-state index contributed by atoms with van der Waals surface area (Å²) >= 11 is 0. The van der Waals surface area contributed by atoms with Crippen molar-refractivity contribution in [2.75, 3.05) is 19.6 Å². The molecule has 0 radical (unpaired) electrons. The first-order valence-corrected chi connectivity index (χ1v) is 8.86. The highest BCUT2D eigenvalue weighted by atomic mass is 16.5. The molecule has 1 aliphatic heterocycles. The van der Waals surface area contributed by atoms with Gasteiger partial charge in [0, 0.05) is 36.1 Å². The van der Waals surface area contributed by atoms with Gasteiger partial charge < -0.3 is 10.1 Å². The molecule has 1 amide bonds. The van der Waals surface area contributed by atoms with Crippen LogP contribution in [-0.2, 0) is 6.61 Å². The van der Waals surface area contributed by atoms with Crippen LogP contribution in [0.15, 0.2) is 48.8 Å². The maximum absolute atomic E-state index is 12.4. The average Bonchev–Trinajstić information content (AvgIpc) is 3.20. The van der Waals surface area contributed by atoms with Gasteiger partial charge in [0.05, 0.1) is 0 Å². The Labute approximate surface area is 149 Å². The molecule has 0 aliphatic carbocycles. The molecule has 0 spiro atoms. The van der Waals surface area contributed by atoms with Crippen LogP contribution in [0.3, 0.4) is 0 Å². The molecule has 25 heavy (non-hydrogen) atoms. The summed E-state index contributed by atoms with van der Waals surface area (Å²) in [5, 5.41) is 3.03. The Hall–Kier alpha value is -2.40. The predicted octanol–water partition coefficient (Wildman–Crippen LogP) is 2.87. The SMILES string of the molecule is CC(CNC(=O)c1cccc(OCc2cccnc2)c1)N1CCCC1. The van der Waals surface area contributed by atoms with Crippen LogP contribution < -0.4 is 10.1 Å². The van der Waals surface area contributed by atoms with E-state index in [2.05, 4.69) is 22.1 Å². The molecule has 1 aliphatic rings. The quantitative estimate of drug-likeness (QED) is 0.843. The van der Waals surface area contributed by atoms with Crippen LogP contribution in [0.1, 0.15) is 35.7 Å². The molecule has 1 N–H and O–H groups in total. The van der Waals surface area contributed by atoms with E-state index in [1.165, 1.54) is 12.8 Å². The third-order valence-electron chi connectivity index (χ3n) is 4.55. The highest BCUT2D eigenvalue weighted by Crippen LogP contribution is 2.15. The van der Waals surface area contributed by atoms with Crippen molar-refractivity contribution in [1.82, 2.24) is 15.2 Å². The minimum Gasteiger partial charge on any atom is -0.489 e. The highest BCUT2D eigenvalue weighted by molar-refractivity contribution is 5.94. The highest BCUT2D eigenvalue weighted by Gasteiger charge is 2.18. The van der Waals surface area contributed by atoms with Gasteiger partial charge in [-0.3, -0.25) is 14.7 Å². The van der Waals surface area contributed by atoms with Crippen LogP contribution in [0, 0.1) is 0 Å². The van der Waals surface area contributed by atoms with Gasteiger partial charge in [-0.1, -0.05) is 12.1 Å². The molecule has 1 unspecified atom stereocenters. The minimum atomic E-state index is -0.0575. The Balaban J connectivity index is 1.52. The van der Waals surface area contributed by atoms with Gasteiger partial charge in [0.2, 0.25) is 0 Å². The summed E-state index contributed by atoms with van der Waals surface area (Å²) in [6.45, 7) is 5.53. The number of carbonyl (C=O) groups excluding carboxylic acids is 1. The molecule has 2 aromatic rings. The molecule has 5 nitrogen and oxygen atoms in total. The van der Waals surface area contributed by atoms with Gasteiger partial charge >= 0.3 is 0 Å². The van der Waals surface area contributed by atoms with E-state index in [4.69, 9.17) is 4.74 Å². The van der Waals surface area contributed by atoms with Gasteiger partial charge in [-0.25, -0.2) is 0 Å². The first-order chi connectivity index (χ1) is 12.2. The van der Waals surface area contributed by atoms with Crippen molar-refractivity contribution < 1.29 is 9.53 Å². The number of hydrogen-bond donors (Lipinski definition) is 1. The number of nitrogens with zero attached hydrogens (tertiary/aromatic N) is 2. The van der Waals surface area contributed by atoms with E-state index in [0.717, 1.165) is 18.7 Å². The summed E-state index contributed by atoms with van der Waals surface area (Å²) in [6, 6.07) is 11.5. The number of aromatic nitrogens is 1. The number of nitrogens with one attached hydrogen (secondary N) is 1. The van der Waals surface area contributed by atoms with Gasteiger partial charge in [0.1, 0.15) is 12.4 Å². The fourth-order valence-corrected chi connectivity index (χ4v) is 3.03. The molecule has 5 heteroatoms. The van der Waals surface area contributed by atoms with Crippen LogP contribution in [0.4, 0.5) is 0 Å². The van der Waals surface area contributed by atoms with Crippen molar-refractivity contribution >= 4 is 5.91 Å². The summed E-state index contributed by atoms with van der Waals surface area (Å²) in [5.74, 6) is 0.627. The Morgan fingerprint density at radius 2 is 2.12 bits per heavy atom. The molecular formula is C20H25N3O2. The number of pyridine rings is 1. The maximum atomic E-state index is 12.4. The molecule has 0 saturated carbocycles. The van der Waals surface area contributed by atoms with Gasteiger partial charge in [0.15, 0.2) is 0 Å². The Bertz CT molecular complexity index is 684. The van der Waals surface area contributed by atoms with Crippen LogP contribution in [0.2, 0.25) is 0 Å². The Kier molecular flexibility index (Phi) is 6.01. The zero-order valence-corrected chi connectivity index (χ0v) is 14.6. The molecule has 3 rings (SSSR count). The molecular weight excluding hydrogens is 314 g/mol. The lowest BCUT2D eigenvalue weighted by Crippen LogP contribution is -2.40. The first kappa shape index (κ1) is 17.4. The smallest absolute Gasteiger partial charge is 0.251 e. The van der Waals surface area contributed by atoms with E-state index in [-0.39, 0.29) is 5.91 Å². The minimum absolute atomic E-state index is 0.0575. The Morgan fingerprint density at radius 3 is 2.88 bits per heavy atom. The molecule has 1 aromatic heterocycles. The second kappa shape index (κ2) is 8.62. The molecule has 1 atom stereocenters. The first-order valence-electron chi connectivity index (χ1n) is 8.86. The molecule has 1 aromatic carbocycles. The lowest BCUT2D eigenvalue weighted by Gasteiger charge is -2.23. The second-order valence-electron chi connectivity index (χ2n) is 6.48. The van der Waals surface area contributed by atoms with Crippen molar-refractivity contribution in [2.24, 2.45) is 0 Å². The predicted molar refractivity (Wildman–Crippen MR) is 97.6 cm³/mol. The molecule has 0 bridgehead atoms. The van der Waals surface area contributed by atoms with Crippen molar-refractivity contribution in [1.29, 1.82) is 0 Å². The zero-order chi connectivity index (χ0) is 17.5. The molecule has 2 heterocycles. The standard InChI is InChI=1S/C20H25N3O2/c1-16(23-10-2-3-11-23)13-22-20(24)18-7-4-8-19(12-18)25-15-17-6-5-9-21-14-17/h4-9,12,14,16H,2-3,10-11,13,15H2,1H3,(H,22,24). The van der Waals surface area contributed by atoms with Crippen molar-refractivity contribution in [3.63, 3.8) is 0 Å². The van der Waals surface area contributed by atoms with E-state index in [1.54, 1.807) is 18.5 Å². The van der Waals surface area contributed by atoms with E-state index in [1.807, 2.05) is 30.3 Å². The fraction of sp³-hybridized carbons (Fsp3) is 0.400. The van der Waals surface area contributed by atoms with E-state index in [9.17, 15) is 4.79 Å². The lowest BCUT2D eigenvalue weighted by atomic mass is 10.2. The number of carbonyl (C=O) groups is 1. The maximum Gasteiger partial charge on any atom is 0.251 e. The van der Waals surface area contributed by atoms with E-state index < -0.39 is 0 Å². The third kappa shape index (κ3) is 5.03.